The van der Waals surface area contributed by atoms with E-state index in [2.05, 4.69) is 29.1 Å². The van der Waals surface area contributed by atoms with Crippen molar-refractivity contribution in [3.05, 3.63) is 70.9 Å². The molecule has 2 aromatic carbocycles. The van der Waals surface area contributed by atoms with E-state index in [0.717, 1.165) is 40.8 Å². The Balaban J connectivity index is 1.59. The van der Waals surface area contributed by atoms with Crippen LogP contribution in [0.5, 0.6) is 0 Å². The average Bonchev–Trinajstić information content (AvgIpc) is 3.26. The third kappa shape index (κ3) is 3.13. The normalized spacial score (nSPS) is 20.4. The minimum absolute atomic E-state index is 0.0248. The first-order valence-electron chi connectivity index (χ1n) is 10.9. The first-order chi connectivity index (χ1) is 15.0. The Morgan fingerprint density at radius 2 is 1.71 bits per heavy atom. The van der Waals surface area contributed by atoms with E-state index in [1.165, 1.54) is 0 Å². The quantitative estimate of drug-likeness (QED) is 0.713. The average molecular weight is 417 g/mol. The van der Waals surface area contributed by atoms with Crippen molar-refractivity contribution in [3.63, 3.8) is 0 Å². The van der Waals surface area contributed by atoms with Crippen LogP contribution in [-0.2, 0) is 4.79 Å². The highest BCUT2D eigenvalue weighted by molar-refractivity contribution is 6.03. The molecule has 160 valence electrons. The number of piperazine rings is 1. The van der Waals surface area contributed by atoms with E-state index in [0.29, 0.717) is 18.7 Å². The van der Waals surface area contributed by atoms with Gasteiger partial charge in [-0.3, -0.25) is 9.59 Å². The number of carbonyl (C=O) groups is 2. The molecule has 2 amide bonds. The van der Waals surface area contributed by atoms with Crippen LogP contribution in [-0.4, -0.2) is 70.8 Å². The first-order valence-corrected chi connectivity index (χ1v) is 10.9. The Kier molecular flexibility index (Phi) is 4.82. The third-order valence-corrected chi connectivity index (χ3v) is 6.80. The number of aromatic amines is 1. The van der Waals surface area contributed by atoms with E-state index in [9.17, 15) is 9.59 Å². The van der Waals surface area contributed by atoms with Gasteiger partial charge in [-0.1, -0.05) is 36.4 Å². The number of carbonyl (C=O) groups excluding carboxylic acids is 2. The molecule has 0 bridgehead atoms. The molecule has 6 heteroatoms. The maximum absolute atomic E-state index is 13.6. The second-order valence-electron chi connectivity index (χ2n) is 8.72. The molecule has 6 nitrogen and oxygen atoms in total. The van der Waals surface area contributed by atoms with Gasteiger partial charge in [0.2, 0.25) is 5.91 Å². The van der Waals surface area contributed by atoms with E-state index in [1.807, 2.05) is 55.1 Å². The highest BCUT2D eigenvalue weighted by atomic mass is 16.2. The van der Waals surface area contributed by atoms with Crippen molar-refractivity contribution in [1.82, 2.24) is 19.7 Å². The molecule has 1 N–H and O–H groups in total. The largest absolute Gasteiger partial charge is 0.358 e. The van der Waals surface area contributed by atoms with Crippen molar-refractivity contribution in [1.29, 1.82) is 0 Å². The minimum Gasteiger partial charge on any atom is -0.358 e. The van der Waals surface area contributed by atoms with Gasteiger partial charge in [0.15, 0.2) is 0 Å². The molecular weight excluding hydrogens is 388 g/mol. The Hall–Kier alpha value is -3.12. The fourth-order valence-electron chi connectivity index (χ4n) is 5.09. The summed E-state index contributed by atoms with van der Waals surface area (Å²) < 4.78 is 0. The fraction of sp³-hybridized carbons (Fsp3) is 0.360. The molecule has 3 aromatic rings. The second kappa shape index (κ2) is 7.54. The van der Waals surface area contributed by atoms with Gasteiger partial charge in [-0.15, -0.1) is 0 Å². The molecule has 5 rings (SSSR count). The highest BCUT2D eigenvalue weighted by Crippen LogP contribution is 2.43. The predicted molar refractivity (Wildman–Crippen MR) is 121 cm³/mol. The predicted octanol–water partition coefficient (Wildman–Crippen LogP) is 3.18. The second-order valence-corrected chi connectivity index (χ2v) is 8.72. The van der Waals surface area contributed by atoms with Crippen LogP contribution in [0.3, 0.4) is 0 Å². The number of fused-ring (bicyclic) bond motifs is 2. The van der Waals surface area contributed by atoms with Gasteiger partial charge in [-0.2, -0.15) is 0 Å². The van der Waals surface area contributed by atoms with Crippen molar-refractivity contribution in [2.75, 3.05) is 33.2 Å². The number of nitrogens with one attached hydrogen (secondary N) is 1. The number of hydrogen-bond acceptors (Lipinski definition) is 3. The summed E-state index contributed by atoms with van der Waals surface area (Å²) in [5, 5.41) is 1.10. The molecule has 0 spiro atoms. The zero-order valence-electron chi connectivity index (χ0n) is 18.3. The summed E-state index contributed by atoms with van der Waals surface area (Å²) in [6.45, 7) is 7.04. The molecule has 0 saturated carbocycles. The van der Waals surface area contributed by atoms with Crippen LogP contribution >= 0.6 is 0 Å². The lowest BCUT2D eigenvalue weighted by atomic mass is 9.95. The van der Waals surface area contributed by atoms with E-state index in [4.69, 9.17) is 0 Å². The summed E-state index contributed by atoms with van der Waals surface area (Å²) in [6, 6.07) is 15.1. The number of aryl methyl sites for hydroxylation is 1. The SMILES string of the molecule is Cc1[nH]c2ccccc2c1C1c2ccccc2C(=O)N1C(C)C(=O)N1CCN(C)CC1. The zero-order chi connectivity index (χ0) is 21.7. The van der Waals surface area contributed by atoms with Crippen LogP contribution in [0.1, 0.15) is 40.1 Å². The van der Waals surface area contributed by atoms with Crippen LogP contribution in [0.4, 0.5) is 0 Å². The van der Waals surface area contributed by atoms with Gasteiger partial charge in [0.25, 0.3) is 5.91 Å². The monoisotopic (exact) mass is 416 g/mol. The van der Waals surface area contributed by atoms with Crippen molar-refractivity contribution >= 4 is 22.7 Å². The lowest BCUT2D eigenvalue weighted by Crippen LogP contribution is -2.54. The maximum Gasteiger partial charge on any atom is 0.255 e. The van der Waals surface area contributed by atoms with Crippen molar-refractivity contribution in [3.8, 4) is 0 Å². The molecule has 1 fully saturated rings. The van der Waals surface area contributed by atoms with Crippen molar-refractivity contribution in [2.45, 2.75) is 25.9 Å². The van der Waals surface area contributed by atoms with Gasteiger partial charge < -0.3 is 19.7 Å². The molecule has 1 aromatic heterocycles. The van der Waals surface area contributed by atoms with Crippen LogP contribution < -0.4 is 0 Å². The molecular formula is C25H28N4O2. The fourth-order valence-corrected chi connectivity index (χ4v) is 5.09. The van der Waals surface area contributed by atoms with Gasteiger partial charge in [-0.05, 0) is 38.6 Å². The third-order valence-electron chi connectivity index (χ3n) is 6.80. The first kappa shape index (κ1) is 19.8. The maximum atomic E-state index is 13.6. The molecule has 2 aliphatic rings. The molecule has 0 radical (unpaired) electrons. The van der Waals surface area contributed by atoms with Gasteiger partial charge in [0.05, 0.1) is 6.04 Å². The number of aromatic nitrogens is 1. The van der Waals surface area contributed by atoms with E-state index in [-0.39, 0.29) is 17.9 Å². The summed E-state index contributed by atoms with van der Waals surface area (Å²) in [6.07, 6.45) is 0. The Labute approximate surface area is 182 Å². The number of H-pyrrole nitrogens is 1. The number of benzene rings is 2. The lowest BCUT2D eigenvalue weighted by molar-refractivity contribution is -0.137. The number of nitrogens with zero attached hydrogens (tertiary/aromatic N) is 3. The van der Waals surface area contributed by atoms with Crippen molar-refractivity contribution in [2.24, 2.45) is 0 Å². The summed E-state index contributed by atoms with van der Waals surface area (Å²) in [4.78, 5) is 36.4. The standard InChI is InChI=1S/C25H28N4O2/c1-16-22(20-10-6-7-11-21(20)26-16)23-18-8-4-5-9-19(18)25(31)29(23)17(2)24(30)28-14-12-27(3)13-15-28/h4-11,17,23,26H,12-15H2,1-3H3. The Morgan fingerprint density at radius 3 is 2.48 bits per heavy atom. The number of likely N-dealkylation sites (N-methyl/N-ethyl adjacent to an activating group) is 1. The molecule has 0 aliphatic carbocycles. The zero-order valence-corrected chi connectivity index (χ0v) is 18.3. The summed E-state index contributed by atoms with van der Waals surface area (Å²) in [5.41, 5.74) is 4.81. The van der Waals surface area contributed by atoms with Gasteiger partial charge in [0, 0.05) is 53.9 Å². The summed E-state index contributed by atoms with van der Waals surface area (Å²) >= 11 is 0. The minimum atomic E-state index is -0.540. The molecule has 3 heterocycles. The number of rotatable bonds is 3. The number of amides is 2. The van der Waals surface area contributed by atoms with Crippen LogP contribution in [0.25, 0.3) is 10.9 Å². The summed E-state index contributed by atoms with van der Waals surface area (Å²) in [7, 11) is 2.07. The van der Waals surface area contributed by atoms with Gasteiger partial charge >= 0.3 is 0 Å². The summed E-state index contributed by atoms with van der Waals surface area (Å²) in [5.74, 6) is -0.0444. The Morgan fingerprint density at radius 1 is 1.03 bits per heavy atom. The lowest BCUT2D eigenvalue weighted by Gasteiger charge is -2.37. The smallest absolute Gasteiger partial charge is 0.255 e. The molecule has 2 unspecified atom stereocenters. The van der Waals surface area contributed by atoms with Gasteiger partial charge in [0.1, 0.15) is 6.04 Å². The Bertz CT molecular complexity index is 1160. The van der Waals surface area contributed by atoms with Gasteiger partial charge in [-0.25, -0.2) is 0 Å². The highest BCUT2D eigenvalue weighted by Gasteiger charge is 2.44. The van der Waals surface area contributed by atoms with E-state index < -0.39 is 6.04 Å². The van der Waals surface area contributed by atoms with Crippen LogP contribution in [0, 0.1) is 6.92 Å². The number of para-hydroxylation sites is 1. The van der Waals surface area contributed by atoms with Crippen LogP contribution in [0.2, 0.25) is 0 Å². The van der Waals surface area contributed by atoms with E-state index >= 15 is 0 Å². The molecule has 1 saturated heterocycles. The van der Waals surface area contributed by atoms with E-state index in [1.54, 1.807) is 4.90 Å². The molecule has 2 aliphatic heterocycles. The number of hydrogen-bond donors (Lipinski definition) is 1. The molecule has 2 atom stereocenters. The topological polar surface area (TPSA) is 59.7 Å². The van der Waals surface area contributed by atoms with Crippen molar-refractivity contribution < 1.29 is 9.59 Å². The van der Waals surface area contributed by atoms with Crippen LogP contribution in [0.15, 0.2) is 48.5 Å². The molecule has 31 heavy (non-hydrogen) atoms.